The fourth-order valence-corrected chi connectivity index (χ4v) is 15.0. The molecule has 3 aromatic heterocycles. The molecule has 19 rings (SSSR count). The Hall–Kier alpha value is -13.4. The van der Waals surface area contributed by atoms with Gasteiger partial charge in [-0.25, -0.2) is 24.9 Å². The summed E-state index contributed by atoms with van der Waals surface area (Å²) >= 11 is 0. The lowest BCUT2D eigenvalue weighted by Crippen LogP contribution is -2.61. The molecule has 0 radical (unpaired) electrons. The van der Waals surface area contributed by atoms with Gasteiger partial charge in [0.1, 0.15) is 0 Å². The molecule has 0 fully saturated rings. The highest BCUT2D eigenvalue weighted by molar-refractivity contribution is 7.00. The molecule has 0 spiro atoms. The largest absolute Gasteiger partial charge is 0.311 e. The Labute approximate surface area is 579 Å². The number of fused-ring (bicyclic) bond motifs is 7. The number of nitrogens with zero attached hydrogens (tertiary/aromatic N) is 8. The zero-order valence-electron chi connectivity index (χ0n) is 54.2. The van der Waals surface area contributed by atoms with Gasteiger partial charge in [-0.2, -0.15) is 0 Å². The van der Waals surface area contributed by atoms with Crippen molar-refractivity contribution in [2.75, 3.05) is 9.80 Å². The zero-order chi connectivity index (χ0) is 66.0. The van der Waals surface area contributed by atoms with Crippen LogP contribution in [0.1, 0.15) is 0 Å². The van der Waals surface area contributed by atoms with Crippen LogP contribution in [0.4, 0.5) is 34.1 Å². The van der Waals surface area contributed by atoms with Crippen molar-refractivity contribution >= 4 is 79.0 Å². The van der Waals surface area contributed by atoms with Crippen LogP contribution < -0.4 is 26.2 Å². The summed E-state index contributed by atoms with van der Waals surface area (Å²) in [7, 11) is 0. The second kappa shape index (κ2) is 24.4. The lowest BCUT2D eigenvalue weighted by atomic mass is 9.33. The van der Waals surface area contributed by atoms with Crippen molar-refractivity contribution in [3.05, 3.63) is 358 Å². The first kappa shape index (κ1) is 58.0. The van der Waals surface area contributed by atoms with E-state index >= 15 is 0 Å². The maximum Gasteiger partial charge on any atom is 0.252 e. The van der Waals surface area contributed by atoms with Gasteiger partial charge in [-0.15, -0.1) is 0 Å². The van der Waals surface area contributed by atoms with Crippen LogP contribution in [0.3, 0.4) is 0 Å². The highest BCUT2D eigenvalue weighted by atomic mass is 15.2. The van der Waals surface area contributed by atoms with E-state index in [2.05, 4.69) is 306 Å². The summed E-state index contributed by atoms with van der Waals surface area (Å²) in [6.45, 7) is 0.00595. The van der Waals surface area contributed by atoms with Crippen molar-refractivity contribution in [2.24, 2.45) is 0 Å². The maximum absolute atomic E-state index is 5.74. The minimum atomic E-state index is 0.00595. The van der Waals surface area contributed by atoms with Crippen molar-refractivity contribution in [1.82, 2.24) is 29.5 Å². The zero-order valence-corrected chi connectivity index (χ0v) is 54.2. The minimum Gasteiger partial charge on any atom is -0.311 e. The van der Waals surface area contributed by atoms with Crippen molar-refractivity contribution in [2.45, 2.75) is 0 Å². The Morgan fingerprint density at radius 2 is 0.580 bits per heavy atom. The molecular weight excluding hydrogens is 1220 g/mol. The van der Waals surface area contributed by atoms with Crippen molar-refractivity contribution in [1.29, 1.82) is 0 Å². The van der Waals surface area contributed by atoms with Gasteiger partial charge in [0, 0.05) is 78.3 Å². The molecule has 5 heterocycles. The average Bonchev–Trinajstić information content (AvgIpc) is 0.834. The van der Waals surface area contributed by atoms with Crippen molar-refractivity contribution < 1.29 is 0 Å². The lowest BCUT2D eigenvalue weighted by Gasteiger charge is -2.44. The van der Waals surface area contributed by atoms with Crippen LogP contribution in [-0.4, -0.2) is 36.2 Å². The van der Waals surface area contributed by atoms with Gasteiger partial charge >= 0.3 is 0 Å². The number of hydrogen-bond acceptors (Lipinski definition) is 7. The lowest BCUT2D eigenvalue weighted by molar-refractivity contribution is 1.07. The predicted octanol–water partition coefficient (Wildman–Crippen LogP) is 20.8. The normalized spacial score (nSPS) is 12.1. The van der Waals surface area contributed by atoms with E-state index in [0.29, 0.717) is 23.3 Å². The summed E-state index contributed by atoms with van der Waals surface area (Å²) in [5.74, 6) is 2.22. The van der Waals surface area contributed by atoms with E-state index in [1.165, 1.54) is 27.8 Å². The summed E-state index contributed by atoms with van der Waals surface area (Å²) in [6, 6.07) is 128. The first-order valence-corrected chi connectivity index (χ1v) is 33.9. The van der Waals surface area contributed by atoms with Crippen LogP contribution in [0, 0.1) is 0 Å². The smallest absolute Gasteiger partial charge is 0.252 e. The van der Waals surface area contributed by atoms with Gasteiger partial charge in [0.25, 0.3) is 6.71 Å². The first-order valence-electron chi connectivity index (χ1n) is 33.9. The Balaban J connectivity index is 0.820. The molecular formula is C91H59BN8. The van der Waals surface area contributed by atoms with Crippen molar-refractivity contribution in [3.8, 4) is 107 Å². The van der Waals surface area contributed by atoms with E-state index in [1.807, 2.05) is 66.7 Å². The molecule has 466 valence electrons. The van der Waals surface area contributed by atoms with Crippen LogP contribution >= 0.6 is 0 Å². The van der Waals surface area contributed by atoms with Gasteiger partial charge in [-0.05, 0) is 147 Å². The maximum atomic E-state index is 5.74. The third-order valence-electron chi connectivity index (χ3n) is 19.6. The summed E-state index contributed by atoms with van der Waals surface area (Å²) in [5.41, 5.74) is 27.2. The van der Waals surface area contributed by atoms with Gasteiger partial charge in [0.2, 0.25) is 0 Å². The summed E-state index contributed by atoms with van der Waals surface area (Å²) < 4.78 is 2.39. The molecule has 0 amide bonds. The Morgan fingerprint density at radius 1 is 0.220 bits per heavy atom. The Kier molecular flexibility index (Phi) is 14.1. The van der Waals surface area contributed by atoms with E-state index < -0.39 is 0 Å². The van der Waals surface area contributed by atoms with E-state index in [9.17, 15) is 0 Å². The van der Waals surface area contributed by atoms with Gasteiger partial charge in [-0.3, -0.25) is 0 Å². The molecule has 2 aliphatic rings. The number of benzene rings is 14. The summed E-state index contributed by atoms with van der Waals surface area (Å²) in [4.78, 5) is 32.0. The molecule has 0 saturated heterocycles. The number of rotatable bonds is 12. The quantitative estimate of drug-likeness (QED) is 0.113. The molecule has 9 heteroatoms. The van der Waals surface area contributed by atoms with Gasteiger partial charge in [0.15, 0.2) is 23.3 Å². The second-order valence-corrected chi connectivity index (χ2v) is 25.5. The predicted molar refractivity (Wildman–Crippen MR) is 413 cm³/mol. The molecule has 0 aliphatic carbocycles. The molecule has 14 aromatic carbocycles. The van der Waals surface area contributed by atoms with Gasteiger partial charge in [-0.1, -0.05) is 261 Å². The summed E-state index contributed by atoms with van der Waals surface area (Å²) in [5, 5.41) is 2.25. The first-order chi connectivity index (χ1) is 49.6. The third-order valence-corrected chi connectivity index (χ3v) is 19.6. The third kappa shape index (κ3) is 10.1. The average molecular weight is 1280 g/mol. The highest BCUT2D eigenvalue weighted by Gasteiger charge is 2.43. The summed E-state index contributed by atoms with van der Waals surface area (Å²) in [6.07, 6.45) is 0. The number of hydrogen-bond donors (Lipinski definition) is 0. The van der Waals surface area contributed by atoms with Gasteiger partial charge < -0.3 is 14.4 Å². The Bertz CT molecular complexity index is 5690. The van der Waals surface area contributed by atoms with Crippen LogP contribution in [0.25, 0.3) is 129 Å². The molecule has 0 atom stereocenters. The van der Waals surface area contributed by atoms with E-state index in [1.54, 1.807) is 0 Å². The molecule has 17 aromatic rings. The highest BCUT2D eigenvalue weighted by Crippen LogP contribution is 2.47. The Morgan fingerprint density at radius 3 is 1.05 bits per heavy atom. The van der Waals surface area contributed by atoms with E-state index in [4.69, 9.17) is 24.9 Å². The fourth-order valence-electron chi connectivity index (χ4n) is 15.0. The topological polar surface area (TPSA) is 75.9 Å². The standard InChI is InChI=1S/C91H59BN8/c1-8-26-60(27-9-1)67-48-51-80-73(54-67)74-55-68(61-28-10-2-11-29-61)49-52-81(74)100(80)82-53-50-69(90-96-88(65-32-14-4-15-33-65)95-89(97-90)66-34-16-5-17-35-66)56-75(82)91-93-78(63-30-12-3-13-31-63)59-79(94-91)64-46-44-62(45-47-64)70-57-85-87-86(58-70)99(72-38-20-7-21-39-72)84-43-25-23-41-77(84)92(87)76-40-22-24-42-83(76)98(85)71-36-18-6-19-37-71/h1-59H. The fraction of sp³-hybridized carbons (Fsp3) is 0. The number of aromatic nitrogens is 6. The molecule has 100 heavy (non-hydrogen) atoms. The van der Waals surface area contributed by atoms with Gasteiger partial charge in [0.05, 0.1) is 28.1 Å². The van der Waals surface area contributed by atoms with Crippen LogP contribution in [-0.2, 0) is 0 Å². The van der Waals surface area contributed by atoms with Crippen LogP contribution in [0.2, 0.25) is 0 Å². The van der Waals surface area contributed by atoms with E-state index in [0.717, 1.165) is 128 Å². The van der Waals surface area contributed by atoms with Crippen LogP contribution in [0.5, 0.6) is 0 Å². The monoisotopic (exact) mass is 1270 g/mol. The number of para-hydroxylation sites is 4. The molecule has 0 bridgehead atoms. The molecule has 2 aliphatic heterocycles. The molecule has 8 nitrogen and oxygen atoms in total. The minimum absolute atomic E-state index is 0.00595. The number of anilines is 6. The molecule has 0 N–H and O–H groups in total. The van der Waals surface area contributed by atoms with Crippen LogP contribution in [0.15, 0.2) is 358 Å². The SMILES string of the molecule is c1ccc(-c2ccc3c(c2)c2cc(-c4ccccc4)ccc2n3-c2ccc(-c3nc(-c4ccccc4)nc(-c4ccccc4)n3)cc2-c2nc(-c3ccccc3)cc(-c3ccc(-c4cc5c6c(c4)N(c4ccccc4)c4ccccc4B6c4ccccc4N5c4ccccc4)cc3)n2)cc1. The van der Waals surface area contributed by atoms with Crippen molar-refractivity contribution in [3.63, 3.8) is 0 Å². The molecule has 0 unspecified atom stereocenters. The second-order valence-electron chi connectivity index (χ2n) is 25.5. The molecule has 0 saturated carbocycles. The van der Waals surface area contributed by atoms with E-state index in [-0.39, 0.29) is 6.71 Å².